The normalized spacial score (nSPS) is 10.7. The van der Waals surface area contributed by atoms with Gasteiger partial charge in [-0.3, -0.25) is 0 Å². The number of nitrogens with zero attached hydrogens (tertiary/aromatic N) is 1. The number of benzene rings is 2. The van der Waals surface area contributed by atoms with Crippen molar-refractivity contribution >= 4 is 38.5 Å². The van der Waals surface area contributed by atoms with Gasteiger partial charge in [0.05, 0.1) is 16.8 Å². The van der Waals surface area contributed by atoms with E-state index in [1.165, 1.54) is 0 Å². The third-order valence-electron chi connectivity index (χ3n) is 3.18. The minimum atomic E-state index is -0.981. The highest BCUT2D eigenvalue weighted by Crippen LogP contribution is 2.27. The fourth-order valence-electron chi connectivity index (χ4n) is 2.22. The number of pyridine rings is 1. The number of aromatic nitrogens is 1. The summed E-state index contributed by atoms with van der Waals surface area (Å²) in [4.78, 5) is 16.0. The topological polar surface area (TPSA) is 76.2 Å². The second-order valence-corrected chi connectivity index (χ2v) is 5.56. The van der Waals surface area contributed by atoms with Crippen LogP contribution in [-0.2, 0) is 0 Å². The van der Waals surface area contributed by atoms with Crippen molar-refractivity contribution in [2.24, 2.45) is 0 Å². The van der Waals surface area contributed by atoms with E-state index in [0.29, 0.717) is 22.3 Å². The number of fused-ring (bicyclic) bond motifs is 1. The Morgan fingerprint density at radius 1 is 1.14 bits per heavy atom. The molecule has 1 heterocycles. The molecule has 0 saturated carbocycles. The highest BCUT2D eigenvalue weighted by atomic mass is 79.9. The number of halogens is 1. The Morgan fingerprint density at radius 3 is 2.67 bits per heavy atom. The van der Waals surface area contributed by atoms with Gasteiger partial charge in [-0.15, -0.1) is 0 Å². The third-order valence-corrected chi connectivity index (χ3v) is 3.68. The van der Waals surface area contributed by atoms with Crippen molar-refractivity contribution in [1.82, 2.24) is 4.98 Å². The standard InChI is InChI=1S/C16H11BrN2O2/c17-10-4-5-14-12(7-10)13(16(20)21)8-15(19-14)9-2-1-3-11(18)6-9/h1-8H,18H2,(H,20,21). The van der Waals surface area contributed by atoms with E-state index in [9.17, 15) is 9.90 Å². The maximum absolute atomic E-state index is 11.5. The van der Waals surface area contributed by atoms with Gasteiger partial charge in [-0.25, -0.2) is 9.78 Å². The van der Waals surface area contributed by atoms with Crippen LogP contribution in [0.4, 0.5) is 5.69 Å². The zero-order chi connectivity index (χ0) is 15.0. The fourth-order valence-corrected chi connectivity index (χ4v) is 2.58. The Morgan fingerprint density at radius 2 is 1.95 bits per heavy atom. The summed E-state index contributed by atoms with van der Waals surface area (Å²) in [5.74, 6) is -0.981. The molecule has 0 saturated heterocycles. The van der Waals surface area contributed by atoms with Crippen molar-refractivity contribution in [3.8, 4) is 11.3 Å². The van der Waals surface area contributed by atoms with Gasteiger partial charge in [0, 0.05) is 21.1 Å². The second kappa shape index (κ2) is 5.18. The lowest BCUT2D eigenvalue weighted by molar-refractivity contribution is 0.0699. The second-order valence-electron chi connectivity index (χ2n) is 4.65. The van der Waals surface area contributed by atoms with Crippen LogP contribution in [0.15, 0.2) is 53.0 Å². The number of aromatic carboxylic acids is 1. The van der Waals surface area contributed by atoms with Crippen LogP contribution in [0.25, 0.3) is 22.2 Å². The summed E-state index contributed by atoms with van der Waals surface area (Å²) in [6.45, 7) is 0. The lowest BCUT2D eigenvalue weighted by atomic mass is 10.0. The lowest BCUT2D eigenvalue weighted by Crippen LogP contribution is -2.00. The SMILES string of the molecule is Nc1cccc(-c2cc(C(=O)O)c3cc(Br)ccc3n2)c1. The van der Waals surface area contributed by atoms with Gasteiger partial charge in [-0.2, -0.15) is 0 Å². The predicted octanol–water partition coefficient (Wildman–Crippen LogP) is 3.94. The van der Waals surface area contributed by atoms with Gasteiger partial charge < -0.3 is 10.8 Å². The first-order valence-electron chi connectivity index (χ1n) is 6.24. The van der Waals surface area contributed by atoms with Crippen LogP contribution >= 0.6 is 15.9 Å². The monoisotopic (exact) mass is 342 g/mol. The van der Waals surface area contributed by atoms with Crippen LogP contribution in [0.2, 0.25) is 0 Å². The molecule has 1 aromatic heterocycles. The Bertz CT molecular complexity index is 862. The lowest BCUT2D eigenvalue weighted by Gasteiger charge is -2.08. The third kappa shape index (κ3) is 2.60. The highest BCUT2D eigenvalue weighted by Gasteiger charge is 2.13. The van der Waals surface area contributed by atoms with Crippen LogP contribution in [-0.4, -0.2) is 16.1 Å². The highest BCUT2D eigenvalue weighted by molar-refractivity contribution is 9.10. The number of nitrogens with two attached hydrogens (primary N) is 1. The van der Waals surface area contributed by atoms with E-state index in [1.54, 1.807) is 30.3 Å². The predicted molar refractivity (Wildman–Crippen MR) is 86.3 cm³/mol. The number of hydrogen-bond donors (Lipinski definition) is 2. The molecule has 0 amide bonds. The van der Waals surface area contributed by atoms with E-state index in [2.05, 4.69) is 20.9 Å². The smallest absolute Gasteiger partial charge is 0.336 e. The van der Waals surface area contributed by atoms with Gasteiger partial charge in [0.15, 0.2) is 0 Å². The molecule has 104 valence electrons. The van der Waals surface area contributed by atoms with Gasteiger partial charge in [0.2, 0.25) is 0 Å². The molecule has 4 nitrogen and oxygen atoms in total. The van der Waals surface area contributed by atoms with Crippen LogP contribution in [0, 0.1) is 0 Å². The van der Waals surface area contributed by atoms with Crippen molar-refractivity contribution in [3.63, 3.8) is 0 Å². The Kier molecular flexibility index (Phi) is 3.35. The Balaban J connectivity index is 2.31. The first-order valence-corrected chi connectivity index (χ1v) is 7.03. The first kappa shape index (κ1) is 13.6. The summed E-state index contributed by atoms with van der Waals surface area (Å²) < 4.78 is 0.816. The minimum absolute atomic E-state index is 0.221. The summed E-state index contributed by atoms with van der Waals surface area (Å²) in [5.41, 5.74) is 8.63. The molecule has 21 heavy (non-hydrogen) atoms. The van der Waals surface area contributed by atoms with E-state index >= 15 is 0 Å². The molecule has 0 spiro atoms. The van der Waals surface area contributed by atoms with E-state index in [-0.39, 0.29) is 5.56 Å². The van der Waals surface area contributed by atoms with Crippen LogP contribution in [0.3, 0.4) is 0 Å². The van der Waals surface area contributed by atoms with Crippen molar-refractivity contribution in [2.75, 3.05) is 5.73 Å². The number of hydrogen-bond acceptors (Lipinski definition) is 3. The molecular weight excluding hydrogens is 332 g/mol. The van der Waals surface area contributed by atoms with Crippen LogP contribution in [0.5, 0.6) is 0 Å². The summed E-state index contributed by atoms with van der Waals surface area (Å²) in [6, 6.07) is 14.2. The molecule has 0 unspecified atom stereocenters. The molecule has 0 aliphatic carbocycles. The fraction of sp³-hybridized carbons (Fsp3) is 0. The summed E-state index contributed by atoms with van der Waals surface area (Å²) >= 11 is 3.35. The molecular formula is C16H11BrN2O2. The molecule has 5 heteroatoms. The molecule has 3 aromatic rings. The molecule has 0 aliphatic heterocycles. The maximum atomic E-state index is 11.5. The molecule has 3 N–H and O–H groups in total. The number of carbonyl (C=O) groups is 1. The zero-order valence-corrected chi connectivity index (χ0v) is 12.5. The molecule has 0 atom stereocenters. The summed E-state index contributed by atoms with van der Waals surface area (Å²) in [6.07, 6.45) is 0. The largest absolute Gasteiger partial charge is 0.478 e. The number of carboxylic acid groups (broad SMARTS) is 1. The number of carboxylic acids is 1. The van der Waals surface area contributed by atoms with Crippen LogP contribution < -0.4 is 5.73 Å². The summed E-state index contributed by atoms with van der Waals surface area (Å²) in [7, 11) is 0. The number of rotatable bonds is 2. The van der Waals surface area contributed by atoms with Gasteiger partial charge in [0.25, 0.3) is 0 Å². The molecule has 3 rings (SSSR count). The van der Waals surface area contributed by atoms with E-state index in [0.717, 1.165) is 10.0 Å². The van der Waals surface area contributed by atoms with Crippen molar-refractivity contribution in [3.05, 3.63) is 58.6 Å². The van der Waals surface area contributed by atoms with E-state index < -0.39 is 5.97 Å². The van der Waals surface area contributed by atoms with Crippen LogP contribution in [0.1, 0.15) is 10.4 Å². The summed E-state index contributed by atoms with van der Waals surface area (Å²) in [5, 5.41) is 10.0. The van der Waals surface area contributed by atoms with Gasteiger partial charge in [0.1, 0.15) is 0 Å². The molecule has 0 radical (unpaired) electrons. The number of anilines is 1. The zero-order valence-electron chi connectivity index (χ0n) is 10.9. The average Bonchev–Trinajstić information content (AvgIpc) is 2.46. The molecule has 0 aliphatic rings. The maximum Gasteiger partial charge on any atom is 0.336 e. The van der Waals surface area contributed by atoms with Gasteiger partial charge in [-0.05, 0) is 36.4 Å². The van der Waals surface area contributed by atoms with Crippen molar-refractivity contribution < 1.29 is 9.90 Å². The van der Waals surface area contributed by atoms with Gasteiger partial charge >= 0.3 is 5.97 Å². The van der Waals surface area contributed by atoms with Gasteiger partial charge in [-0.1, -0.05) is 28.1 Å². The van der Waals surface area contributed by atoms with Crippen molar-refractivity contribution in [1.29, 1.82) is 0 Å². The van der Waals surface area contributed by atoms with E-state index in [4.69, 9.17) is 5.73 Å². The number of nitrogen functional groups attached to an aromatic ring is 1. The van der Waals surface area contributed by atoms with Crippen molar-refractivity contribution in [2.45, 2.75) is 0 Å². The van der Waals surface area contributed by atoms with E-state index in [1.807, 2.05) is 18.2 Å². The molecule has 0 bridgehead atoms. The Labute approximate surface area is 129 Å². The Hall–Kier alpha value is -2.40. The molecule has 2 aromatic carbocycles. The first-order chi connectivity index (χ1) is 10.0. The quantitative estimate of drug-likeness (QED) is 0.691. The minimum Gasteiger partial charge on any atom is -0.478 e. The average molecular weight is 343 g/mol. The molecule has 0 fully saturated rings.